The number of carboxylic acid groups (broad SMARTS) is 1. The Kier molecular flexibility index (Phi) is 7.73. The lowest BCUT2D eigenvalue weighted by Crippen LogP contribution is -2.37. The lowest BCUT2D eigenvalue weighted by molar-refractivity contribution is 0.0995. The number of nitrogens with zero attached hydrogens (tertiary/aromatic N) is 3. The van der Waals surface area contributed by atoms with E-state index in [1.54, 1.807) is 12.1 Å². The predicted octanol–water partition coefficient (Wildman–Crippen LogP) is 3.11. The largest absolute Gasteiger partial charge is 0.465 e. The van der Waals surface area contributed by atoms with E-state index in [0.29, 0.717) is 29.7 Å². The van der Waals surface area contributed by atoms with Crippen LogP contribution in [0.2, 0.25) is 0 Å². The first kappa shape index (κ1) is 23.8. The van der Waals surface area contributed by atoms with Crippen molar-refractivity contribution in [1.29, 1.82) is 0 Å². The van der Waals surface area contributed by atoms with Crippen molar-refractivity contribution in [1.82, 2.24) is 20.5 Å². The SMILES string of the molecule is CC(C)CC(CNC(=O)O)Nc1cc(Nc2cccc(C(C)(C)C)n2)c(C(N)=O)nn1. The molecule has 0 radical (unpaired) electrons. The monoisotopic (exact) mass is 429 g/mol. The normalized spacial score (nSPS) is 12.3. The fourth-order valence-corrected chi connectivity index (χ4v) is 2.98. The molecular weight excluding hydrogens is 398 g/mol. The Balaban J connectivity index is 2.31. The molecule has 2 aromatic rings. The number of aromatic nitrogens is 3. The molecule has 0 aliphatic carbocycles. The highest BCUT2D eigenvalue weighted by atomic mass is 16.4. The third-order valence-electron chi connectivity index (χ3n) is 4.42. The summed E-state index contributed by atoms with van der Waals surface area (Å²) in [7, 11) is 0. The number of carbonyl (C=O) groups is 2. The molecule has 2 amide bonds. The summed E-state index contributed by atoms with van der Waals surface area (Å²) in [5, 5.41) is 25.6. The quantitative estimate of drug-likeness (QED) is 0.407. The second-order valence-corrected chi connectivity index (χ2v) is 8.80. The number of pyridine rings is 1. The molecule has 0 aliphatic rings. The number of rotatable bonds is 9. The fraction of sp³-hybridized carbons (Fsp3) is 0.476. The van der Waals surface area contributed by atoms with Crippen LogP contribution in [-0.2, 0) is 5.41 Å². The van der Waals surface area contributed by atoms with E-state index in [1.807, 2.05) is 26.0 Å². The number of carbonyl (C=O) groups excluding carboxylic acids is 1. The third-order valence-corrected chi connectivity index (χ3v) is 4.42. The Morgan fingerprint density at radius 1 is 1.16 bits per heavy atom. The van der Waals surface area contributed by atoms with Gasteiger partial charge in [0.25, 0.3) is 5.91 Å². The Morgan fingerprint density at radius 3 is 2.45 bits per heavy atom. The molecule has 6 N–H and O–H groups in total. The summed E-state index contributed by atoms with van der Waals surface area (Å²) in [6, 6.07) is 7.01. The lowest BCUT2D eigenvalue weighted by Gasteiger charge is -2.21. The standard InChI is InChI=1S/C21H31N7O3/c1-12(2)9-13(11-23-20(30)31)24-17-10-14(18(19(22)29)28-27-17)25-16-8-6-7-15(26-16)21(3,4)5/h6-8,10,12-13,23H,9,11H2,1-5H3,(H2,22,29)(H,30,31)(H2,24,25,26,27). The van der Waals surface area contributed by atoms with Crippen LogP contribution in [0.5, 0.6) is 0 Å². The zero-order valence-corrected chi connectivity index (χ0v) is 18.6. The first-order valence-corrected chi connectivity index (χ1v) is 10.1. The summed E-state index contributed by atoms with van der Waals surface area (Å²) in [5.74, 6) is 0.533. The van der Waals surface area contributed by atoms with Gasteiger partial charge < -0.3 is 26.8 Å². The summed E-state index contributed by atoms with van der Waals surface area (Å²) >= 11 is 0. The van der Waals surface area contributed by atoms with Gasteiger partial charge in [-0.25, -0.2) is 9.78 Å². The molecule has 2 heterocycles. The summed E-state index contributed by atoms with van der Waals surface area (Å²) < 4.78 is 0. The minimum Gasteiger partial charge on any atom is -0.465 e. The molecule has 2 rings (SSSR count). The van der Waals surface area contributed by atoms with E-state index in [-0.39, 0.29) is 23.7 Å². The minimum absolute atomic E-state index is 0.0161. The van der Waals surface area contributed by atoms with E-state index in [0.717, 1.165) is 5.69 Å². The zero-order valence-electron chi connectivity index (χ0n) is 18.6. The van der Waals surface area contributed by atoms with Crippen LogP contribution in [-0.4, -0.2) is 44.9 Å². The van der Waals surface area contributed by atoms with Crippen LogP contribution in [0.3, 0.4) is 0 Å². The van der Waals surface area contributed by atoms with Crippen molar-refractivity contribution in [3.8, 4) is 0 Å². The number of nitrogens with two attached hydrogens (primary N) is 1. The summed E-state index contributed by atoms with van der Waals surface area (Å²) in [6.45, 7) is 10.5. The Bertz CT molecular complexity index is 925. The van der Waals surface area contributed by atoms with Crippen molar-refractivity contribution in [2.24, 2.45) is 11.7 Å². The minimum atomic E-state index is -1.10. The molecule has 0 spiro atoms. The van der Waals surface area contributed by atoms with Crippen LogP contribution >= 0.6 is 0 Å². The van der Waals surface area contributed by atoms with Crippen molar-refractivity contribution in [2.75, 3.05) is 17.2 Å². The van der Waals surface area contributed by atoms with Crippen LogP contribution in [0.4, 0.5) is 22.1 Å². The van der Waals surface area contributed by atoms with Crippen LogP contribution in [0.25, 0.3) is 0 Å². The van der Waals surface area contributed by atoms with Crippen LogP contribution in [0, 0.1) is 5.92 Å². The second kappa shape index (κ2) is 10.1. The number of hydrogen-bond acceptors (Lipinski definition) is 7. The smallest absolute Gasteiger partial charge is 0.404 e. The molecule has 168 valence electrons. The predicted molar refractivity (Wildman–Crippen MR) is 120 cm³/mol. The van der Waals surface area contributed by atoms with Crippen LogP contribution in [0.15, 0.2) is 24.3 Å². The molecule has 0 aliphatic heterocycles. The molecule has 2 aromatic heterocycles. The molecule has 1 unspecified atom stereocenters. The van der Waals surface area contributed by atoms with Gasteiger partial charge in [-0.05, 0) is 24.5 Å². The number of anilines is 3. The highest BCUT2D eigenvalue weighted by Crippen LogP contribution is 2.25. The van der Waals surface area contributed by atoms with E-state index >= 15 is 0 Å². The molecule has 0 fully saturated rings. The number of amides is 2. The topological polar surface area (TPSA) is 155 Å². The number of primary amides is 1. The van der Waals surface area contributed by atoms with Gasteiger partial charge in [0.05, 0.1) is 5.69 Å². The van der Waals surface area contributed by atoms with E-state index in [4.69, 9.17) is 10.8 Å². The van der Waals surface area contributed by atoms with Gasteiger partial charge >= 0.3 is 6.09 Å². The molecular formula is C21H31N7O3. The van der Waals surface area contributed by atoms with Crippen molar-refractivity contribution in [2.45, 2.75) is 52.5 Å². The number of hydrogen-bond donors (Lipinski definition) is 5. The molecule has 0 saturated heterocycles. The highest BCUT2D eigenvalue weighted by Gasteiger charge is 2.19. The molecule has 10 nitrogen and oxygen atoms in total. The van der Waals surface area contributed by atoms with E-state index in [9.17, 15) is 9.59 Å². The molecule has 31 heavy (non-hydrogen) atoms. The molecule has 0 bridgehead atoms. The van der Waals surface area contributed by atoms with Crippen molar-refractivity contribution in [3.63, 3.8) is 0 Å². The molecule has 10 heteroatoms. The maximum atomic E-state index is 11.9. The summed E-state index contributed by atoms with van der Waals surface area (Å²) in [4.78, 5) is 27.4. The Labute approximate surface area is 182 Å². The second-order valence-electron chi connectivity index (χ2n) is 8.80. The molecule has 0 aromatic carbocycles. The van der Waals surface area contributed by atoms with Gasteiger partial charge in [-0.2, -0.15) is 0 Å². The Morgan fingerprint density at radius 2 is 1.87 bits per heavy atom. The molecule has 0 saturated carbocycles. The van der Waals surface area contributed by atoms with E-state index in [1.165, 1.54) is 0 Å². The van der Waals surface area contributed by atoms with Gasteiger partial charge in [-0.15, -0.1) is 10.2 Å². The first-order valence-electron chi connectivity index (χ1n) is 10.1. The van der Waals surface area contributed by atoms with Gasteiger partial charge in [0.1, 0.15) is 5.82 Å². The zero-order chi connectivity index (χ0) is 23.2. The maximum Gasteiger partial charge on any atom is 0.404 e. The van der Waals surface area contributed by atoms with Crippen LogP contribution in [0.1, 0.15) is 57.2 Å². The van der Waals surface area contributed by atoms with Crippen molar-refractivity contribution < 1.29 is 14.7 Å². The third kappa shape index (κ3) is 7.40. The van der Waals surface area contributed by atoms with Crippen molar-refractivity contribution in [3.05, 3.63) is 35.7 Å². The van der Waals surface area contributed by atoms with Crippen LogP contribution < -0.4 is 21.7 Å². The number of nitrogens with one attached hydrogen (secondary N) is 3. The molecule has 1 atom stereocenters. The maximum absolute atomic E-state index is 11.9. The lowest BCUT2D eigenvalue weighted by atomic mass is 9.92. The first-order chi connectivity index (χ1) is 14.5. The van der Waals surface area contributed by atoms with Crippen molar-refractivity contribution >= 4 is 29.3 Å². The van der Waals surface area contributed by atoms with Gasteiger partial charge in [0, 0.05) is 29.8 Å². The van der Waals surface area contributed by atoms with E-state index in [2.05, 4.69) is 51.9 Å². The van der Waals surface area contributed by atoms with Gasteiger partial charge in [0.2, 0.25) is 0 Å². The highest BCUT2D eigenvalue weighted by molar-refractivity contribution is 5.97. The van der Waals surface area contributed by atoms with Gasteiger partial charge in [0.15, 0.2) is 11.5 Å². The fourth-order valence-electron chi connectivity index (χ4n) is 2.98. The summed E-state index contributed by atoms with van der Waals surface area (Å²) in [6.07, 6.45) is -0.393. The van der Waals surface area contributed by atoms with E-state index < -0.39 is 12.0 Å². The average molecular weight is 430 g/mol. The Hall–Kier alpha value is -3.43. The summed E-state index contributed by atoms with van der Waals surface area (Å²) in [5.41, 5.74) is 6.55. The van der Waals surface area contributed by atoms with Gasteiger partial charge in [-0.1, -0.05) is 40.7 Å². The average Bonchev–Trinajstić information content (AvgIpc) is 2.65. The van der Waals surface area contributed by atoms with Gasteiger partial charge in [-0.3, -0.25) is 4.79 Å².